The molecular weight excluding hydrogens is 457 g/mol. The van der Waals surface area contributed by atoms with Crippen molar-refractivity contribution in [2.75, 3.05) is 25.0 Å². The maximum Gasteiger partial charge on any atom is 0.407 e. The number of carbonyl (C=O) groups is 2. The number of amides is 3. The minimum atomic E-state index is -1.19. The van der Waals surface area contributed by atoms with Crippen molar-refractivity contribution in [3.8, 4) is 0 Å². The maximum absolute atomic E-state index is 14.0. The van der Waals surface area contributed by atoms with E-state index in [0.717, 1.165) is 12.8 Å². The molecule has 11 heteroatoms. The second kappa shape index (κ2) is 9.12. The van der Waals surface area contributed by atoms with Crippen LogP contribution in [0.5, 0.6) is 0 Å². The Hall–Kier alpha value is -3.18. The smallest absolute Gasteiger partial charge is 0.407 e. The van der Waals surface area contributed by atoms with Gasteiger partial charge in [-0.2, -0.15) is 5.10 Å². The van der Waals surface area contributed by atoms with E-state index in [0.29, 0.717) is 36.5 Å². The third-order valence-corrected chi connectivity index (χ3v) is 6.91. The number of aromatic nitrogens is 2. The minimum absolute atomic E-state index is 0.0936. The van der Waals surface area contributed by atoms with Crippen molar-refractivity contribution >= 4 is 17.9 Å². The lowest BCUT2D eigenvalue weighted by atomic mass is 9.93. The van der Waals surface area contributed by atoms with E-state index in [1.807, 2.05) is 6.92 Å². The monoisotopic (exact) mass is 487 g/mol. The number of benzene rings is 1. The van der Waals surface area contributed by atoms with E-state index in [9.17, 15) is 19.1 Å². The van der Waals surface area contributed by atoms with Crippen molar-refractivity contribution in [2.24, 2.45) is 0 Å². The van der Waals surface area contributed by atoms with Gasteiger partial charge in [0, 0.05) is 31.0 Å². The molecule has 3 atom stereocenters. The molecule has 5 rings (SSSR count). The third kappa shape index (κ3) is 5.57. The van der Waals surface area contributed by atoms with Crippen molar-refractivity contribution in [1.29, 1.82) is 0 Å². The Morgan fingerprint density at radius 3 is 2.91 bits per heavy atom. The fourth-order valence-electron chi connectivity index (χ4n) is 4.56. The van der Waals surface area contributed by atoms with Crippen molar-refractivity contribution < 1.29 is 28.6 Å². The number of hydrogen-bond donors (Lipinski definition) is 4. The van der Waals surface area contributed by atoms with Crippen LogP contribution in [0.25, 0.3) is 0 Å². The zero-order valence-corrected chi connectivity index (χ0v) is 19.6. The van der Waals surface area contributed by atoms with Crippen LogP contribution in [0.1, 0.15) is 50.0 Å². The highest BCUT2D eigenvalue weighted by atomic mass is 19.1. The van der Waals surface area contributed by atoms with Crippen LogP contribution in [-0.4, -0.2) is 69.3 Å². The first kappa shape index (κ1) is 23.6. The zero-order valence-electron chi connectivity index (χ0n) is 19.6. The fourth-order valence-corrected chi connectivity index (χ4v) is 4.56. The van der Waals surface area contributed by atoms with Gasteiger partial charge in [-0.15, -0.1) is 0 Å². The van der Waals surface area contributed by atoms with Crippen LogP contribution in [0.3, 0.4) is 0 Å². The number of likely N-dealkylation sites (tertiary alicyclic amines) is 1. The van der Waals surface area contributed by atoms with Gasteiger partial charge in [0.2, 0.25) is 0 Å². The van der Waals surface area contributed by atoms with Gasteiger partial charge in [-0.3, -0.25) is 10.4 Å². The molecule has 0 spiro atoms. The molecule has 2 aromatic rings. The standard InChI is InChI=1S/C24H30FN5O5/c1-23(6-7-23)27-22(32)35-16-10-19(34-13-16)18-11-20(29-28-18)26-21(31)30-9-8-24(33,14-30)12-15-4-2-3-5-17(15)25/h2-5,11,16,19,33H,6-10,12-14H2,1H3,(H,27,32)(H2,26,28,29,31)/t16-,19-,24-/m1/s1. The molecule has 0 unspecified atom stereocenters. The van der Waals surface area contributed by atoms with Gasteiger partial charge in [0.25, 0.3) is 0 Å². The Bertz CT molecular complexity index is 1110. The number of hydrogen-bond acceptors (Lipinski definition) is 6. The number of urea groups is 1. The summed E-state index contributed by atoms with van der Waals surface area (Å²) in [6.45, 7) is 2.70. The molecule has 1 aromatic heterocycles. The first-order chi connectivity index (χ1) is 16.7. The van der Waals surface area contributed by atoms with Crippen LogP contribution in [0.15, 0.2) is 30.3 Å². The average molecular weight is 488 g/mol. The fraction of sp³-hybridized carbons (Fsp3) is 0.542. The summed E-state index contributed by atoms with van der Waals surface area (Å²) in [7, 11) is 0. The van der Waals surface area contributed by atoms with E-state index in [4.69, 9.17) is 9.47 Å². The summed E-state index contributed by atoms with van der Waals surface area (Å²) in [4.78, 5) is 26.2. The highest BCUT2D eigenvalue weighted by Gasteiger charge is 2.41. The number of rotatable bonds is 6. The number of aromatic amines is 1. The molecule has 3 amide bonds. The lowest BCUT2D eigenvalue weighted by molar-refractivity contribution is 0.0525. The first-order valence-electron chi connectivity index (χ1n) is 11.9. The topological polar surface area (TPSA) is 129 Å². The lowest BCUT2D eigenvalue weighted by Gasteiger charge is -2.23. The van der Waals surface area contributed by atoms with Crippen LogP contribution in [0.2, 0.25) is 0 Å². The van der Waals surface area contributed by atoms with Crippen LogP contribution in [0, 0.1) is 5.82 Å². The number of aliphatic hydroxyl groups is 1. The maximum atomic E-state index is 14.0. The molecule has 1 aromatic carbocycles. The molecule has 35 heavy (non-hydrogen) atoms. The number of nitrogens with one attached hydrogen (secondary N) is 3. The normalized spacial score (nSPS) is 27.0. The number of nitrogens with zero attached hydrogens (tertiary/aromatic N) is 2. The molecule has 3 heterocycles. The molecular formula is C24H30FN5O5. The molecule has 0 radical (unpaired) electrons. The lowest BCUT2D eigenvalue weighted by Crippen LogP contribution is -2.39. The van der Waals surface area contributed by atoms with Crippen LogP contribution in [0.4, 0.5) is 19.8 Å². The highest BCUT2D eigenvalue weighted by molar-refractivity contribution is 5.88. The molecule has 3 fully saturated rings. The molecule has 10 nitrogen and oxygen atoms in total. The number of carbonyl (C=O) groups excluding carboxylic acids is 2. The van der Waals surface area contributed by atoms with Crippen LogP contribution < -0.4 is 10.6 Å². The molecule has 0 bridgehead atoms. The molecule has 4 N–H and O–H groups in total. The van der Waals surface area contributed by atoms with E-state index >= 15 is 0 Å². The van der Waals surface area contributed by atoms with E-state index in [1.165, 1.54) is 11.0 Å². The highest BCUT2D eigenvalue weighted by Crippen LogP contribution is 2.35. The Morgan fingerprint density at radius 2 is 2.14 bits per heavy atom. The van der Waals surface area contributed by atoms with E-state index in [-0.39, 0.29) is 43.1 Å². The van der Waals surface area contributed by atoms with Crippen LogP contribution >= 0.6 is 0 Å². The summed E-state index contributed by atoms with van der Waals surface area (Å²) in [5, 5.41) is 23.5. The number of β-amino-alcohol motifs (C(OH)–C–C–N with tert-alkyl or cyclic N) is 1. The Labute approximate surface area is 202 Å². The van der Waals surface area contributed by atoms with Crippen LogP contribution in [-0.2, 0) is 15.9 Å². The summed E-state index contributed by atoms with van der Waals surface area (Å²) in [6, 6.07) is 7.61. The van der Waals surface area contributed by atoms with Gasteiger partial charge in [-0.1, -0.05) is 18.2 Å². The predicted octanol–water partition coefficient (Wildman–Crippen LogP) is 2.87. The number of H-pyrrole nitrogens is 1. The molecule has 3 aliphatic rings. The van der Waals surface area contributed by atoms with Gasteiger partial charge in [0.15, 0.2) is 5.82 Å². The van der Waals surface area contributed by atoms with Crippen molar-refractivity contribution in [1.82, 2.24) is 20.4 Å². The Morgan fingerprint density at radius 1 is 1.34 bits per heavy atom. The van der Waals surface area contributed by atoms with Gasteiger partial charge >= 0.3 is 12.1 Å². The average Bonchev–Trinajstić information content (AvgIpc) is 3.21. The summed E-state index contributed by atoms with van der Waals surface area (Å²) < 4.78 is 25.2. The number of alkyl carbamates (subject to hydrolysis) is 1. The van der Waals surface area contributed by atoms with Gasteiger partial charge in [-0.05, 0) is 37.8 Å². The summed E-state index contributed by atoms with van der Waals surface area (Å²) in [5.74, 6) is -0.0469. The van der Waals surface area contributed by atoms with Gasteiger partial charge in [0.1, 0.15) is 18.0 Å². The third-order valence-electron chi connectivity index (χ3n) is 6.91. The van der Waals surface area contributed by atoms with Crippen molar-refractivity contribution in [3.05, 3.63) is 47.4 Å². The Kier molecular flexibility index (Phi) is 6.14. The summed E-state index contributed by atoms with van der Waals surface area (Å²) >= 11 is 0. The second-order valence-electron chi connectivity index (χ2n) is 10.1. The number of ether oxygens (including phenoxy) is 2. The molecule has 2 saturated heterocycles. The van der Waals surface area contributed by atoms with Gasteiger partial charge in [0.05, 0.1) is 24.4 Å². The van der Waals surface area contributed by atoms with E-state index in [1.54, 1.807) is 24.3 Å². The number of anilines is 1. The van der Waals surface area contributed by atoms with Crippen molar-refractivity contribution in [2.45, 2.75) is 62.4 Å². The largest absolute Gasteiger partial charge is 0.444 e. The SMILES string of the molecule is CC1(NC(=O)O[C@H]2CO[C@@H](c3cc(NC(=O)N4CC[C@@](O)(Cc5ccccc5F)C4)n[nH]3)C2)CC1. The quantitative estimate of drug-likeness (QED) is 0.496. The molecule has 2 aliphatic heterocycles. The first-order valence-corrected chi connectivity index (χ1v) is 11.9. The second-order valence-corrected chi connectivity index (χ2v) is 10.1. The van der Waals surface area contributed by atoms with E-state index in [2.05, 4.69) is 20.8 Å². The zero-order chi connectivity index (χ0) is 24.6. The molecule has 188 valence electrons. The van der Waals surface area contributed by atoms with Gasteiger partial charge in [-0.25, -0.2) is 14.0 Å². The predicted molar refractivity (Wildman–Crippen MR) is 123 cm³/mol. The Balaban J connectivity index is 1.11. The van der Waals surface area contributed by atoms with Gasteiger partial charge < -0.3 is 24.8 Å². The minimum Gasteiger partial charge on any atom is -0.444 e. The molecule has 1 aliphatic carbocycles. The summed E-state index contributed by atoms with van der Waals surface area (Å²) in [6.07, 6.45) is 1.75. The van der Waals surface area contributed by atoms with Crippen molar-refractivity contribution in [3.63, 3.8) is 0 Å². The van der Waals surface area contributed by atoms with E-state index < -0.39 is 17.7 Å². The number of halogens is 1. The molecule has 1 saturated carbocycles. The summed E-state index contributed by atoms with van der Waals surface area (Å²) in [5.41, 5.74) is -0.243.